The van der Waals surface area contributed by atoms with E-state index < -0.39 is 0 Å². The highest BCUT2D eigenvalue weighted by atomic mass is 16.5. The second-order valence-corrected chi connectivity index (χ2v) is 18.1. The van der Waals surface area contributed by atoms with Gasteiger partial charge >= 0.3 is 5.97 Å². The molecule has 0 fully saturated rings. The standard InChI is InChI=1S/C52H102N2O5/c1-5-9-13-26-37-49(36-12-8-4)48-59-52(58)41-30-23-19-18-22-28-39-50(38-27-21-17-16-20-24-34-46-55)53(45-35-47-56)42-33-25-29-40-51(57)54(43-31-14-10-6-2)44-32-15-11-7-3/h46,49-50,56H,5-45,47-48H2,1-4H3. The molecule has 0 rings (SSSR count). The van der Waals surface area contributed by atoms with Gasteiger partial charge in [0.2, 0.25) is 5.91 Å². The Balaban J connectivity index is 4.89. The van der Waals surface area contributed by atoms with Gasteiger partial charge in [-0.25, -0.2) is 0 Å². The van der Waals surface area contributed by atoms with Crippen molar-refractivity contribution in [2.45, 2.75) is 271 Å². The summed E-state index contributed by atoms with van der Waals surface area (Å²) in [6.07, 6.45) is 43.0. The van der Waals surface area contributed by atoms with E-state index in [9.17, 15) is 19.5 Å². The summed E-state index contributed by atoms with van der Waals surface area (Å²) in [6, 6.07) is 0.544. The van der Waals surface area contributed by atoms with Crippen LogP contribution in [-0.2, 0) is 19.1 Å². The van der Waals surface area contributed by atoms with Crippen LogP contribution in [0.4, 0.5) is 0 Å². The summed E-state index contributed by atoms with van der Waals surface area (Å²) in [5, 5.41) is 9.80. The maximum absolute atomic E-state index is 13.3. The number of unbranched alkanes of at least 4 members (excludes halogenated alkanes) is 23. The van der Waals surface area contributed by atoms with Gasteiger partial charge in [0, 0.05) is 51.5 Å². The Morgan fingerprint density at radius 3 is 1.51 bits per heavy atom. The fourth-order valence-corrected chi connectivity index (χ4v) is 8.62. The fourth-order valence-electron chi connectivity index (χ4n) is 8.62. The van der Waals surface area contributed by atoms with E-state index in [1.54, 1.807) is 0 Å². The summed E-state index contributed by atoms with van der Waals surface area (Å²) in [4.78, 5) is 41.4. The molecule has 0 bridgehead atoms. The second-order valence-electron chi connectivity index (χ2n) is 18.1. The molecular weight excluding hydrogens is 733 g/mol. The van der Waals surface area contributed by atoms with E-state index in [4.69, 9.17) is 4.74 Å². The van der Waals surface area contributed by atoms with Gasteiger partial charge in [0.15, 0.2) is 0 Å². The third-order valence-electron chi connectivity index (χ3n) is 12.6. The topological polar surface area (TPSA) is 87.1 Å². The zero-order chi connectivity index (χ0) is 43.3. The lowest BCUT2D eigenvalue weighted by atomic mass is 9.96. The van der Waals surface area contributed by atoms with Crippen molar-refractivity contribution in [3.05, 3.63) is 0 Å². The molecular formula is C52H102N2O5. The number of ether oxygens (including phenoxy) is 1. The van der Waals surface area contributed by atoms with E-state index in [1.807, 2.05) is 0 Å². The lowest BCUT2D eigenvalue weighted by molar-refractivity contribution is -0.145. The first-order valence-electron chi connectivity index (χ1n) is 26.2. The first kappa shape index (κ1) is 57.5. The minimum atomic E-state index is -0.00369. The molecule has 2 atom stereocenters. The molecule has 7 heteroatoms. The van der Waals surface area contributed by atoms with Crippen molar-refractivity contribution in [2.75, 3.05) is 39.4 Å². The highest BCUT2D eigenvalue weighted by Crippen LogP contribution is 2.22. The molecule has 350 valence electrons. The Labute approximate surface area is 367 Å². The molecule has 0 aromatic rings. The van der Waals surface area contributed by atoms with Gasteiger partial charge in [0.1, 0.15) is 6.29 Å². The number of aldehydes is 1. The largest absolute Gasteiger partial charge is 0.465 e. The van der Waals surface area contributed by atoms with E-state index in [0.29, 0.717) is 43.7 Å². The van der Waals surface area contributed by atoms with Crippen molar-refractivity contribution in [2.24, 2.45) is 5.92 Å². The summed E-state index contributed by atoms with van der Waals surface area (Å²) < 4.78 is 5.76. The molecule has 1 amide bonds. The van der Waals surface area contributed by atoms with E-state index in [0.717, 1.165) is 96.7 Å². The number of carbonyl (C=O) groups is 3. The van der Waals surface area contributed by atoms with E-state index in [-0.39, 0.29) is 12.6 Å². The van der Waals surface area contributed by atoms with Crippen molar-refractivity contribution >= 4 is 18.2 Å². The molecule has 0 radical (unpaired) electrons. The van der Waals surface area contributed by atoms with Crippen LogP contribution in [0.5, 0.6) is 0 Å². The van der Waals surface area contributed by atoms with Crippen molar-refractivity contribution < 1.29 is 24.2 Å². The summed E-state index contributed by atoms with van der Waals surface area (Å²) in [5.41, 5.74) is 0. The average molecular weight is 835 g/mol. The van der Waals surface area contributed by atoms with Crippen LogP contribution in [0.1, 0.15) is 265 Å². The van der Waals surface area contributed by atoms with Crippen molar-refractivity contribution in [1.29, 1.82) is 0 Å². The van der Waals surface area contributed by atoms with Crippen LogP contribution in [0.2, 0.25) is 0 Å². The number of rotatable bonds is 48. The quantitative estimate of drug-likeness (QED) is 0.0373. The van der Waals surface area contributed by atoms with Gasteiger partial charge in [-0.1, -0.05) is 175 Å². The normalized spacial score (nSPS) is 12.6. The first-order chi connectivity index (χ1) is 29.0. The molecule has 7 nitrogen and oxygen atoms in total. The first-order valence-corrected chi connectivity index (χ1v) is 26.2. The maximum atomic E-state index is 13.3. The number of aliphatic hydroxyl groups is 1. The van der Waals surface area contributed by atoms with E-state index in [2.05, 4.69) is 37.5 Å². The van der Waals surface area contributed by atoms with Gasteiger partial charge in [0.25, 0.3) is 0 Å². The zero-order valence-corrected chi connectivity index (χ0v) is 40.1. The fraction of sp³-hybridized carbons (Fsp3) is 0.942. The van der Waals surface area contributed by atoms with Gasteiger partial charge in [-0.05, 0) is 83.1 Å². The molecule has 0 aliphatic heterocycles. The minimum Gasteiger partial charge on any atom is -0.465 e. The SMILES string of the molecule is CCCCCCC(CCCC)COC(=O)CCCCCCCCC(CCCCCCCCC=O)N(CCCO)CCCCCC(=O)N(CCCCCC)CCCCCC. The molecule has 0 saturated heterocycles. The van der Waals surface area contributed by atoms with Gasteiger partial charge in [-0.2, -0.15) is 0 Å². The highest BCUT2D eigenvalue weighted by molar-refractivity contribution is 5.76. The number of carbonyl (C=O) groups excluding carboxylic acids is 3. The third-order valence-corrected chi connectivity index (χ3v) is 12.6. The second kappa shape index (κ2) is 46.0. The Bertz CT molecular complexity index is 888. The number of amides is 1. The Morgan fingerprint density at radius 2 is 0.932 bits per heavy atom. The van der Waals surface area contributed by atoms with Crippen molar-refractivity contribution in [3.8, 4) is 0 Å². The van der Waals surface area contributed by atoms with Crippen LogP contribution in [0.25, 0.3) is 0 Å². The molecule has 59 heavy (non-hydrogen) atoms. The highest BCUT2D eigenvalue weighted by Gasteiger charge is 2.19. The number of nitrogens with zero attached hydrogens (tertiary/aromatic N) is 2. The Kier molecular flexibility index (Phi) is 44.9. The molecule has 0 heterocycles. The van der Waals surface area contributed by atoms with Crippen LogP contribution >= 0.6 is 0 Å². The summed E-state index contributed by atoms with van der Waals surface area (Å²) in [7, 11) is 0. The molecule has 0 spiro atoms. The van der Waals surface area contributed by atoms with Crippen molar-refractivity contribution in [3.63, 3.8) is 0 Å². The number of hydrogen-bond acceptors (Lipinski definition) is 6. The number of hydrogen-bond donors (Lipinski definition) is 1. The third kappa shape index (κ3) is 38.0. The van der Waals surface area contributed by atoms with E-state index in [1.165, 1.54) is 154 Å². The molecule has 0 aliphatic rings. The molecule has 0 aromatic heterocycles. The maximum Gasteiger partial charge on any atom is 0.305 e. The van der Waals surface area contributed by atoms with Gasteiger partial charge in [-0.15, -0.1) is 0 Å². The van der Waals surface area contributed by atoms with Gasteiger partial charge in [0.05, 0.1) is 6.61 Å². The monoisotopic (exact) mass is 835 g/mol. The molecule has 0 aliphatic carbocycles. The predicted molar refractivity (Wildman–Crippen MR) is 253 cm³/mol. The van der Waals surface area contributed by atoms with Crippen LogP contribution in [-0.4, -0.2) is 78.5 Å². The lowest BCUT2D eigenvalue weighted by Gasteiger charge is -2.32. The van der Waals surface area contributed by atoms with E-state index >= 15 is 0 Å². The van der Waals surface area contributed by atoms with Crippen LogP contribution in [0.3, 0.4) is 0 Å². The Morgan fingerprint density at radius 1 is 0.492 bits per heavy atom. The lowest BCUT2D eigenvalue weighted by Crippen LogP contribution is -2.37. The molecule has 0 aromatic carbocycles. The molecule has 2 unspecified atom stereocenters. The number of esters is 1. The van der Waals surface area contributed by atoms with Crippen LogP contribution in [0.15, 0.2) is 0 Å². The minimum absolute atomic E-state index is 0.00369. The summed E-state index contributed by atoms with van der Waals surface area (Å²) >= 11 is 0. The number of aliphatic hydroxyl groups excluding tert-OH is 1. The van der Waals surface area contributed by atoms with Gasteiger partial charge in [-0.3, -0.25) is 9.59 Å². The zero-order valence-electron chi connectivity index (χ0n) is 40.1. The molecule has 0 saturated carbocycles. The van der Waals surface area contributed by atoms with Crippen LogP contribution in [0, 0.1) is 5.92 Å². The molecule has 1 N–H and O–H groups in total. The van der Waals surface area contributed by atoms with Crippen LogP contribution < -0.4 is 0 Å². The smallest absolute Gasteiger partial charge is 0.305 e. The van der Waals surface area contributed by atoms with Crippen molar-refractivity contribution in [1.82, 2.24) is 9.80 Å². The average Bonchev–Trinajstić information content (AvgIpc) is 3.24. The summed E-state index contributed by atoms with van der Waals surface area (Å²) in [5.74, 6) is 0.884. The van der Waals surface area contributed by atoms with Gasteiger partial charge < -0.3 is 24.4 Å². The predicted octanol–water partition coefficient (Wildman–Crippen LogP) is 14.3. The Hall–Kier alpha value is -1.47. The summed E-state index contributed by atoms with van der Waals surface area (Å²) in [6.45, 7) is 13.7.